The van der Waals surface area contributed by atoms with Crippen LogP contribution in [0.2, 0.25) is 0 Å². The highest BCUT2D eigenvalue weighted by Gasteiger charge is 2.19. The van der Waals surface area contributed by atoms with Crippen molar-refractivity contribution in [3.8, 4) is 0 Å². The molecule has 134 valence electrons. The SMILES string of the molecule is Cc1cccc(N2CCN(C(=S)N/C=C3/CNc4ccccc43)CC2)c1. The molecule has 0 bridgehead atoms. The fourth-order valence-corrected chi connectivity index (χ4v) is 3.81. The summed E-state index contributed by atoms with van der Waals surface area (Å²) in [4.78, 5) is 4.69. The minimum atomic E-state index is 0.811. The summed E-state index contributed by atoms with van der Waals surface area (Å²) in [5, 5.41) is 7.56. The van der Waals surface area contributed by atoms with Gasteiger partial charge in [-0.15, -0.1) is 0 Å². The molecule has 0 atom stereocenters. The summed E-state index contributed by atoms with van der Waals surface area (Å²) >= 11 is 5.61. The van der Waals surface area contributed by atoms with Crippen LogP contribution in [0.25, 0.3) is 5.57 Å². The van der Waals surface area contributed by atoms with E-state index in [1.165, 1.54) is 28.1 Å². The lowest BCUT2D eigenvalue weighted by atomic mass is 10.1. The van der Waals surface area contributed by atoms with Gasteiger partial charge in [-0.2, -0.15) is 0 Å². The first-order chi connectivity index (χ1) is 12.7. The molecule has 0 unspecified atom stereocenters. The van der Waals surface area contributed by atoms with E-state index in [2.05, 4.69) is 75.9 Å². The van der Waals surface area contributed by atoms with E-state index in [-0.39, 0.29) is 0 Å². The van der Waals surface area contributed by atoms with Gasteiger partial charge < -0.3 is 20.4 Å². The summed E-state index contributed by atoms with van der Waals surface area (Å²) in [6.07, 6.45) is 2.05. The summed E-state index contributed by atoms with van der Waals surface area (Å²) < 4.78 is 0. The average Bonchev–Trinajstić information content (AvgIpc) is 3.09. The van der Waals surface area contributed by atoms with Crippen molar-refractivity contribution in [1.29, 1.82) is 0 Å². The van der Waals surface area contributed by atoms with E-state index < -0.39 is 0 Å². The van der Waals surface area contributed by atoms with Crippen LogP contribution in [0.15, 0.2) is 54.7 Å². The molecule has 26 heavy (non-hydrogen) atoms. The maximum Gasteiger partial charge on any atom is 0.173 e. The van der Waals surface area contributed by atoms with Crippen molar-refractivity contribution in [2.45, 2.75) is 6.92 Å². The summed E-state index contributed by atoms with van der Waals surface area (Å²) in [6.45, 7) is 6.85. The van der Waals surface area contributed by atoms with E-state index in [0.29, 0.717) is 0 Å². The highest BCUT2D eigenvalue weighted by Crippen LogP contribution is 2.29. The van der Waals surface area contributed by atoms with Crippen molar-refractivity contribution >= 4 is 34.3 Å². The number of nitrogens with zero attached hydrogens (tertiary/aromatic N) is 2. The molecule has 4 nitrogen and oxygen atoms in total. The molecule has 2 aromatic carbocycles. The Kier molecular flexibility index (Phi) is 4.80. The van der Waals surface area contributed by atoms with Gasteiger partial charge in [0.25, 0.3) is 0 Å². The smallest absolute Gasteiger partial charge is 0.173 e. The predicted molar refractivity (Wildman–Crippen MR) is 114 cm³/mol. The number of rotatable bonds is 2. The molecule has 0 radical (unpaired) electrons. The minimum Gasteiger partial charge on any atom is -0.380 e. The van der Waals surface area contributed by atoms with Crippen molar-refractivity contribution in [3.63, 3.8) is 0 Å². The van der Waals surface area contributed by atoms with Gasteiger partial charge in [-0.05, 0) is 48.5 Å². The number of aryl methyl sites for hydroxylation is 1. The zero-order valence-electron chi connectivity index (χ0n) is 15.0. The topological polar surface area (TPSA) is 30.5 Å². The molecule has 5 heteroatoms. The molecular weight excluding hydrogens is 340 g/mol. The normalized spacial score (nSPS) is 17.8. The molecule has 0 aromatic heterocycles. The van der Waals surface area contributed by atoms with Gasteiger partial charge in [-0.3, -0.25) is 0 Å². The fraction of sp³-hybridized carbons (Fsp3) is 0.286. The van der Waals surface area contributed by atoms with E-state index in [1.807, 2.05) is 6.20 Å². The Labute approximate surface area is 160 Å². The summed E-state index contributed by atoms with van der Waals surface area (Å²) in [7, 11) is 0. The molecule has 0 amide bonds. The standard InChI is InChI=1S/C21H24N4S/c1-16-5-4-6-18(13-16)24-9-11-25(12-10-24)21(26)23-15-17-14-22-20-8-3-2-7-19(17)20/h2-8,13,15,22H,9-12,14H2,1H3,(H,23,26)/b17-15-. The van der Waals surface area contributed by atoms with Gasteiger partial charge in [-0.1, -0.05) is 30.3 Å². The van der Waals surface area contributed by atoms with Gasteiger partial charge in [0.2, 0.25) is 0 Å². The lowest BCUT2D eigenvalue weighted by molar-refractivity contribution is 0.384. The molecule has 2 heterocycles. The zero-order chi connectivity index (χ0) is 17.9. The van der Waals surface area contributed by atoms with Crippen molar-refractivity contribution < 1.29 is 0 Å². The second-order valence-electron chi connectivity index (χ2n) is 6.83. The fourth-order valence-electron chi connectivity index (χ4n) is 3.56. The second-order valence-corrected chi connectivity index (χ2v) is 7.22. The van der Waals surface area contributed by atoms with Gasteiger partial charge in [0.1, 0.15) is 0 Å². The van der Waals surface area contributed by atoms with Crippen LogP contribution in [0.5, 0.6) is 0 Å². The number of fused-ring (bicyclic) bond motifs is 1. The first-order valence-corrected chi connectivity index (χ1v) is 9.51. The number of hydrogen-bond donors (Lipinski definition) is 2. The van der Waals surface area contributed by atoms with E-state index in [4.69, 9.17) is 12.2 Å². The van der Waals surface area contributed by atoms with Crippen LogP contribution in [-0.4, -0.2) is 42.7 Å². The lowest BCUT2D eigenvalue weighted by Crippen LogP contribution is -2.51. The largest absolute Gasteiger partial charge is 0.380 e. The monoisotopic (exact) mass is 364 g/mol. The number of anilines is 2. The molecule has 2 aromatic rings. The third kappa shape index (κ3) is 3.53. The molecule has 2 N–H and O–H groups in total. The quantitative estimate of drug-likeness (QED) is 0.797. The van der Waals surface area contributed by atoms with Crippen LogP contribution < -0.4 is 15.5 Å². The third-order valence-corrected chi connectivity index (χ3v) is 5.42. The van der Waals surface area contributed by atoms with Gasteiger partial charge >= 0.3 is 0 Å². The molecule has 2 aliphatic heterocycles. The highest BCUT2D eigenvalue weighted by atomic mass is 32.1. The average molecular weight is 365 g/mol. The molecular formula is C21H24N4S. The first-order valence-electron chi connectivity index (χ1n) is 9.10. The Morgan fingerprint density at radius 2 is 1.88 bits per heavy atom. The Balaban J connectivity index is 1.34. The molecule has 0 aliphatic carbocycles. The zero-order valence-corrected chi connectivity index (χ0v) is 15.9. The maximum absolute atomic E-state index is 5.61. The Bertz CT molecular complexity index is 837. The van der Waals surface area contributed by atoms with Crippen LogP contribution in [0.1, 0.15) is 11.1 Å². The summed E-state index contributed by atoms with van der Waals surface area (Å²) in [5.74, 6) is 0. The van der Waals surface area contributed by atoms with Crippen molar-refractivity contribution in [1.82, 2.24) is 10.2 Å². The second kappa shape index (κ2) is 7.38. The molecule has 0 saturated carbocycles. The number of benzene rings is 2. The number of para-hydroxylation sites is 1. The summed E-state index contributed by atoms with van der Waals surface area (Å²) in [5.41, 5.74) is 6.31. The molecule has 1 saturated heterocycles. The van der Waals surface area contributed by atoms with Crippen LogP contribution in [0.4, 0.5) is 11.4 Å². The number of nitrogens with one attached hydrogen (secondary N) is 2. The minimum absolute atomic E-state index is 0.811. The molecule has 1 fully saturated rings. The third-order valence-electron chi connectivity index (χ3n) is 5.05. The van der Waals surface area contributed by atoms with Gasteiger partial charge in [-0.25, -0.2) is 0 Å². The van der Waals surface area contributed by atoms with E-state index in [0.717, 1.165) is 37.8 Å². The summed E-state index contributed by atoms with van der Waals surface area (Å²) in [6, 6.07) is 17.1. The van der Waals surface area contributed by atoms with E-state index in [1.54, 1.807) is 0 Å². The number of piperazine rings is 1. The Morgan fingerprint density at radius 3 is 2.69 bits per heavy atom. The lowest BCUT2D eigenvalue weighted by Gasteiger charge is -2.37. The van der Waals surface area contributed by atoms with Gasteiger partial charge in [0, 0.05) is 55.9 Å². The number of thiocarbonyl (C=S) groups is 1. The van der Waals surface area contributed by atoms with Gasteiger partial charge in [0.15, 0.2) is 5.11 Å². The number of hydrogen-bond acceptors (Lipinski definition) is 3. The molecule has 4 rings (SSSR count). The first kappa shape index (κ1) is 16.9. The Morgan fingerprint density at radius 1 is 1.08 bits per heavy atom. The van der Waals surface area contributed by atoms with E-state index in [9.17, 15) is 0 Å². The van der Waals surface area contributed by atoms with Crippen molar-refractivity contribution in [2.24, 2.45) is 0 Å². The molecule has 2 aliphatic rings. The van der Waals surface area contributed by atoms with Crippen LogP contribution >= 0.6 is 12.2 Å². The highest BCUT2D eigenvalue weighted by molar-refractivity contribution is 7.80. The van der Waals surface area contributed by atoms with Crippen molar-refractivity contribution in [2.75, 3.05) is 42.9 Å². The van der Waals surface area contributed by atoms with Crippen LogP contribution in [0, 0.1) is 6.92 Å². The maximum atomic E-state index is 5.61. The predicted octanol–water partition coefficient (Wildman–Crippen LogP) is 3.46. The van der Waals surface area contributed by atoms with Crippen LogP contribution in [-0.2, 0) is 0 Å². The Hall–Kier alpha value is -2.53. The molecule has 0 spiro atoms. The van der Waals surface area contributed by atoms with Gasteiger partial charge in [0.05, 0.1) is 0 Å². The van der Waals surface area contributed by atoms with E-state index >= 15 is 0 Å². The van der Waals surface area contributed by atoms with Crippen molar-refractivity contribution in [3.05, 3.63) is 65.9 Å². The van der Waals surface area contributed by atoms with Crippen LogP contribution in [0.3, 0.4) is 0 Å².